The maximum atomic E-state index is 12.7. The van der Waals surface area contributed by atoms with Gasteiger partial charge in [-0.1, -0.05) is 6.07 Å². The Balaban J connectivity index is 1.40. The lowest BCUT2D eigenvalue weighted by Crippen LogP contribution is -2.39. The van der Waals surface area contributed by atoms with E-state index in [1.54, 1.807) is 17.0 Å². The van der Waals surface area contributed by atoms with Crippen molar-refractivity contribution in [3.8, 4) is 5.75 Å². The van der Waals surface area contributed by atoms with E-state index in [4.69, 9.17) is 0 Å². The third-order valence-corrected chi connectivity index (χ3v) is 5.10. The summed E-state index contributed by atoms with van der Waals surface area (Å²) in [6, 6.07) is 5.95. The second-order valence-electron chi connectivity index (χ2n) is 6.78. The molecule has 0 radical (unpaired) electrons. The molecule has 4 rings (SSSR count). The predicted octanol–water partition coefficient (Wildman–Crippen LogP) is 2.00. The summed E-state index contributed by atoms with van der Waals surface area (Å²) in [6.07, 6.45) is 1.62. The van der Waals surface area contributed by atoms with Gasteiger partial charge in [0, 0.05) is 37.7 Å². The zero-order chi connectivity index (χ0) is 18.8. The number of amides is 1. The Morgan fingerprint density at radius 2 is 2.04 bits per heavy atom. The van der Waals surface area contributed by atoms with Gasteiger partial charge < -0.3 is 19.5 Å². The van der Waals surface area contributed by atoms with Gasteiger partial charge in [0.05, 0.1) is 6.54 Å². The lowest BCUT2D eigenvalue weighted by molar-refractivity contribution is -0.0499. The minimum absolute atomic E-state index is 0.00515. The van der Waals surface area contributed by atoms with Crippen LogP contribution in [0.1, 0.15) is 40.8 Å². The molecule has 2 aliphatic heterocycles. The Morgan fingerprint density at radius 3 is 2.81 bits per heavy atom. The molecule has 1 fully saturated rings. The molecule has 0 bridgehead atoms. The zero-order valence-electron chi connectivity index (χ0n) is 14.8. The molecule has 9 heteroatoms. The highest BCUT2D eigenvalue weighted by Crippen LogP contribution is 2.29. The average Bonchev–Trinajstić information content (AvgIpc) is 3.11. The van der Waals surface area contributed by atoms with Crippen molar-refractivity contribution in [2.24, 2.45) is 0 Å². The van der Waals surface area contributed by atoms with E-state index in [0.29, 0.717) is 18.7 Å². The first-order valence-electron chi connectivity index (χ1n) is 9.08. The molecule has 0 saturated carbocycles. The van der Waals surface area contributed by atoms with E-state index in [2.05, 4.69) is 24.8 Å². The molecule has 1 aromatic heterocycles. The van der Waals surface area contributed by atoms with Crippen LogP contribution in [0, 0.1) is 0 Å². The van der Waals surface area contributed by atoms with Crippen molar-refractivity contribution in [3.05, 3.63) is 41.5 Å². The number of nitrogens with one attached hydrogen (secondary N) is 1. The van der Waals surface area contributed by atoms with Gasteiger partial charge in [0.15, 0.2) is 0 Å². The molecule has 2 aliphatic rings. The van der Waals surface area contributed by atoms with Crippen molar-refractivity contribution in [2.75, 3.05) is 19.6 Å². The van der Waals surface area contributed by atoms with Gasteiger partial charge in [-0.25, -0.2) is 0 Å². The molecule has 1 aromatic carbocycles. The van der Waals surface area contributed by atoms with E-state index in [1.807, 2.05) is 0 Å². The van der Waals surface area contributed by atoms with Crippen molar-refractivity contribution >= 4 is 5.91 Å². The molecule has 0 spiro atoms. The molecule has 1 amide bonds. The summed E-state index contributed by atoms with van der Waals surface area (Å²) >= 11 is 0. The lowest BCUT2D eigenvalue weighted by atomic mass is 9.95. The van der Waals surface area contributed by atoms with Crippen LogP contribution in [0.3, 0.4) is 0 Å². The molecule has 1 saturated heterocycles. The number of halogens is 2. The number of carbonyl (C=O) groups excluding carboxylic acids is 1. The number of benzene rings is 1. The summed E-state index contributed by atoms with van der Waals surface area (Å²) in [5.41, 5.74) is 0.359. The number of piperidine rings is 1. The molecule has 0 aliphatic carbocycles. The van der Waals surface area contributed by atoms with Gasteiger partial charge in [0.2, 0.25) is 0 Å². The van der Waals surface area contributed by atoms with Gasteiger partial charge in [-0.2, -0.15) is 8.78 Å². The highest BCUT2D eigenvalue weighted by Gasteiger charge is 2.29. The second-order valence-corrected chi connectivity index (χ2v) is 6.78. The Labute approximate surface area is 155 Å². The second kappa shape index (κ2) is 7.59. The molecule has 0 atom stereocenters. The first kappa shape index (κ1) is 17.8. The van der Waals surface area contributed by atoms with Crippen molar-refractivity contribution in [2.45, 2.75) is 38.5 Å². The summed E-state index contributed by atoms with van der Waals surface area (Å²) < 4.78 is 31.3. The number of alkyl halides is 2. The maximum Gasteiger partial charge on any atom is 0.387 e. The van der Waals surface area contributed by atoms with E-state index in [0.717, 1.165) is 44.1 Å². The number of aromatic nitrogens is 3. The van der Waals surface area contributed by atoms with Crippen molar-refractivity contribution in [1.82, 2.24) is 25.0 Å². The molecule has 27 heavy (non-hydrogen) atoms. The molecule has 144 valence electrons. The normalized spacial score (nSPS) is 17.8. The minimum atomic E-state index is -2.91. The number of rotatable bonds is 4. The summed E-state index contributed by atoms with van der Waals surface area (Å²) in [4.78, 5) is 14.5. The number of nitrogens with zero attached hydrogens (tertiary/aromatic N) is 4. The molecule has 1 N–H and O–H groups in total. The zero-order valence-corrected chi connectivity index (χ0v) is 14.8. The summed E-state index contributed by atoms with van der Waals surface area (Å²) in [6.45, 7) is 0.810. The van der Waals surface area contributed by atoms with Crippen LogP contribution in [0.5, 0.6) is 5.75 Å². The number of hydrogen-bond acceptors (Lipinski definition) is 5. The minimum Gasteiger partial charge on any atom is -0.435 e. The van der Waals surface area contributed by atoms with Crippen LogP contribution >= 0.6 is 0 Å². The first-order valence-corrected chi connectivity index (χ1v) is 9.08. The molecule has 3 heterocycles. The van der Waals surface area contributed by atoms with Crippen LogP contribution in [0.25, 0.3) is 0 Å². The Morgan fingerprint density at radius 1 is 1.22 bits per heavy atom. The molecule has 7 nitrogen and oxygen atoms in total. The largest absolute Gasteiger partial charge is 0.435 e. The van der Waals surface area contributed by atoms with E-state index >= 15 is 0 Å². The predicted molar refractivity (Wildman–Crippen MR) is 92.7 cm³/mol. The Hall–Kier alpha value is -2.55. The number of carbonyl (C=O) groups is 1. The fourth-order valence-corrected chi connectivity index (χ4v) is 3.75. The summed E-state index contributed by atoms with van der Waals surface area (Å²) in [7, 11) is 0. The third-order valence-electron chi connectivity index (χ3n) is 5.10. The maximum absolute atomic E-state index is 12.7. The van der Waals surface area contributed by atoms with Crippen molar-refractivity contribution < 1.29 is 18.3 Å². The van der Waals surface area contributed by atoms with Gasteiger partial charge in [-0.15, -0.1) is 10.2 Å². The van der Waals surface area contributed by atoms with Crippen LogP contribution in [-0.2, 0) is 13.1 Å². The van der Waals surface area contributed by atoms with Gasteiger partial charge in [-0.05, 0) is 31.0 Å². The van der Waals surface area contributed by atoms with Gasteiger partial charge in [0.25, 0.3) is 5.91 Å². The number of ether oxygens (including phenoxy) is 1. The number of hydrogen-bond donors (Lipinski definition) is 1. The van der Waals surface area contributed by atoms with Gasteiger partial charge in [-0.3, -0.25) is 4.79 Å². The van der Waals surface area contributed by atoms with Crippen LogP contribution in [0.2, 0.25) is 0 Å². The van der Waals surface area contributed by atoms with Crippen molar-refractivity contribution in [1.29, 1.82) is 0 Å². The fraction of sp³-hybridized carbons (Fsp3) is 0.500. The highest BCUT2D eigenvalue weighted by molar-refractivity contribution is 5.94. The quantitative estimate of drug-likeness (QED) is 0.883. The topological polar surface area (TPSA) is 72.3 Å². The molecular weight excluding hydrogens is 356 g/mol. The van der Waals surface area contributed by atoms with Crippen LogP contribution in [0.4, 0.5) is 8.78 Å². The Kier molecular flexibility index (Phi) is 5.02. The monoisotopic (exact) mass is 377 g/mol. The average molecular weight is 377 g/mol. The third kappa shape index (κ3) is 3.78. The fourth-order valence-electron chi connectivity index (χ4n) is 3.75. The van der Waals surface area contributed by atoms with Crippen LogP contribution in [0.15, 0.2) is 24.3 Å². The molecular formula is C18H21F2N5O2. The van der Waals surface area contributed by atoms with Crippen LogP contribution in [-0.4, -0.2) is 51.8 Å². The standard InChI is InChI=1S/C18H21F2N5O2/c19-18(20)27-14-3-1-2-13(10-14)17(26)24-7-4-12(5-8-24)16-23-22-15-11-21-6-9-25(15)16/h1-3,10,12,18,21H,4-9,11H2. The lowest BCUT2D eigenvalue weighted by Gasteiger charge is -2.32. The smallest absolute Gasteiger partial charge is 0.387 e. The summed E-state index contributed by atoms with van der Waals surface area (Å²) in [5, 5.41) is 11.9. The van der Waals surface area contributed by atoms with E-state index in [1.165, 1.54) is 12.1 Å². The molecule has 2 aromatic rings. The van der Waals surface area contributed by atoms with E-state index in [9.17, 15) is 13.6 Å². The number of fused-ring (bicyclic) bond motifs is 1. The van der Waals surface area contributed by atoms with Crippen molar-refractivity contribution in [3.63, 3.8) is 0 Å². The van der Waals surface area contributed by atoms with Gasteiger partial charge in [0.1, 0.15) is 17.4 Å². The van der Waals surface area contributed by atoms with E-state index < -0.39 is 6.61 Å². The molecule has 0 unspecified atom stereocenters. The highest BCUT2D eigenvalue weighted by atomic mass is 19.3. The SMILES string of the molecule is O=C(c1cccc(OC(F)F)c1)N1CCC(c2nnc3n2CCNC3)CC1. The van der Waals surface area contributed by atoms with E-state index in [-0.39, 0.29) is 17.6 Å². The van der Waals surface area contributed by atoms with Crippen LogP contribution < -0.4 is 10.1 Å². The first-order chi connectivity index (χ1) is 13.1. The Bertz CT molecular complexity index is 818. The summed E-state index contributed by atoms with van der Waals surface area (Å²) in [5.74, 6) is 2.08. The van der Waals surface area contributed by atoms with Gasteiger partial charge >= 0.3 is 6.61 Å². The number of likely N-dealkylation sites (tertiary alicyclic amines) is 1.